The monoisotopic (exact) mass is 664 g/mol. The van der Waals surface area contributed by atoms with Crippen LogP contribution in [0.1, 0.15) is 10.5 Å². The molecule has 1 radical (unpaired) electrons. The van der Waals surface area contributed by atoms with Crippen LogP contribution in [-0.4, -0.2) is 35.2 Å². The van der Waals surface area contributed by atoms with Gasteiger partial charge in [-0.05, 0) is 11.8 Å². The van der Waals surface area contributed by atoms with Crippen LogP contribution in [0.15, 0.2) is 73.3 Å². The summed E-state index contributed by atoms with van der Waals surface area (Å²) in [6, 6.07) is 17.6. The van der Waals surface area contributed by atoms with Crippen molar-refractivity contribution in [3.8, 4) is 34.0 Å². The number of carboxylic acids is 1. The standard InChI is InChI=1S/C14H13N4.C12H6F2NO2.Ir/c1-17-8-6-15-13(17)11-4-3-5-12(10-11)14-16-7-9-18(14)2;13-7-4-5-8(9(14)6-7)10-2-1-3-11(15-10)12(16)17;/h3-9H,1-2H3;1-4,6H,(H,16,17);/q2*-1;. The number of nitrogens with zero attached hydrogens (tertiary/aromatic N) is 5. The SMILES string of the molecule is Cn1ccnc1-c1[c-]c(-c2nccn2C)ccc1.O=C(O)c1cccc(-c2[c-]cc(F)cc2F)n1.[Ir]. The molecule has 0 aliphatic heterocycles. The van der Waals surface area contributed by atoms with Gasteiger partial charge in [-0.2, -0.15) is 0 Å². The van der Waals surface area contributed by atoms with Crippen molar-refractivity contribution >= 4 is 5.97 Å². The maximum Gasteiger partial charge on any atom is 0.353 e. The van der Waals surface area contributed by atoms with Crippen LogP contribution in [0.2, 0.25) is 0 Å². The average Bonchev–Trinajstić information content (AvgIpc) is 3.47. The van der Waals surface area contributed by atoms with E-state index in [-0.39, 0.29) is 37.1 Å². The molecule has 36 heavy (non-hydrogen) atoms. The smallest absolute Gasteiger partial charge is 0.353 e. The molecule has 0 atom stereocenters. The van der Waals surface area contributed by atoms with Crippen molar-refractivity contribution in [3.63, 3.8) is 0 Å². The van der Waals surface area contributed by atoms with E-state index < -0.39 is 17.6 Å². The van der Waals surface area contributed by atoms with Crippen molar-refractivity contribution in [1.82, 2.24) is 24.1 Å². The zero-order chi connectivity index (χ0) is 24.9. The first-order chi connectivity index (χ1) is 16.8. The van der Waals surface area contributed by atoms with E-state index in [0.29, 0.717) is 6.07 Å². The van der Waals surface area contributed by atoms with Crippen LogP contribution in [0.25, 0.3) is 34.0 Å². The molecule has 0 aliphatic carbocycles. The third kappa shape index (κ3) is 5.97. The van der Waals surface area contributed by atoms with Crippen LogP contribution in [0, 0.1) is 23.8 Å². The fourth-order valence-corrected chi connectivity index (χ4v) is 3.31. The van der Waals surface area contributed by atoms with Gasteiger partial charge in [-0.1, -0.05) is 34.9 Å². The third-order valence-corrected chi connectivity index (χ3v) is 5.00. The summed E-state index contributed by atoms with van der Waals surface area (Å²) in [5, 5.41) is 8.74. The Hall–Kier alpha value is -4.01. The van der Waals surface area contributed by atoms with E-state index in [9.17, 15) is 13.6 Å². The van der Waals surface area contributed by atoms with Gasteiger partial charge in [0, 0.05) is 70.6 Å². The normalized spacial score (nSPS) is 10.2. The molecule has 5 aromatic rings. The van der Waals surface area contributed by atoms with Gasteiger partial charge in [0.1, 0.15) is 5.69 Å². The van der Waals surface area contributed by atoms with Crippen molar-refractivity contribution in [3.05, 3.63) is 103 Å². The summed E-state index contributed by atoms with van der Waals surface area (Å²) in [5.74, 6) is -0.979. The van der Waals surface area contributed by atoms with E-state index >= 15 is 0 Å². The van der Waals surface area contributed by atoms with Gasteiger partial charge in [-0.25, -0.2) is 4.79 Å². The molecule has 0 bridgehead atoms. The molecule has 3 heterocycles. The molecule has 1 N–H and O–H groups in total. The van der Waals surface area contributed by atoms with Gasteiger partial charge in [0.2, 0.25) is 0 Å². The first-order valence-electron chi connectivity index (χ1n) is 10.4. The van der Waals surface area contributed by atoms with Gasteiger partial charge in [0.05, 0.1) is 11.6 Å². The topological polar surface area (TPSA) is 85.8 Å². The Morgan fingerprint density at radius 1 is 0.944 bits per heavy atom. The van der Waals surface area contributed by atoms with Crippen LogP contribution in [0.3, 0.4) is 0 Å². The van der Waals surface area contributed by atoms with Gasteiger partial charge in [0.25, 0.3) is 0 Å². The number of aromatic carboxylic acids is 1. The van der Waals surface area contributed by atoms with Crippen molar-refractivity contribution in [2.75, 3.05) is 0 Å². The minimum Gasteiger partial charge on any atom is -0.477 e. The quantitative estimate of drug-likeness (QED) is 0.279. The zero-order valence-corrected chi connectivity index (χ0v) is 21.5. The minimum absolute atomic E-state index is 0. The Morgan fingerprint density at radius 3 is 2.03 bits per heavy atom. The number of benzene rings is 2. The number of halogens is 2. The van der Waals surface area contributed by atoms with Gasteiger partial charge < -0.3 is 14.2 Å². The molecule has 0 saturated heterocycles. The molecular weight excluding hydrogens is 645 g/mol. The summed E-state index contributed by atoms with van der Waals surface area (Å²) in [7, 11) is 3.95. The summed E-state index contributed by atoms with van der Waals surface area (Å²) >= 11 is 0. The molecule has 0 aliphatic rings. The molecule has 185 valence electrons. The first kappa shape index (κ1) is 26.6. The van der Waals surface area contributed by atoms with E-state index in [2.05, 4.69) is 27.1 Å². The number of hydrogen-bond acceptors (Lipinski definition) is 4. The van der Waals surface area contributed by atoms with Gasteiger partial charge in [0.15, 0.2) is 0 Å². The number of aryl methyl sites for hydroxylation is 2. The second kappa shape index (κ2) is 11.6. The number of carbonyl (C=O) groups is 1. The molecule has 0 amide bonds. The second-order valence-electron chi connectivity index (χ2n) is 7.46. The molecule has 7 nitrogen and oxygen atoms in total. The fourth-order valence-electron chi connectivity index (χ4n) is 3.31. The summed E-state index contributed by atoms with van der Waals surface area (Å²) < 4.78 is 30.1. The number of hydrogen-bond donors (Lipinski definition) is 1. The molecule has 0 spiro atoms. The molecule has 3 aromatic heterocycles. The van der Waals surface area contributed by atoms with Crippen LogP contribution >= 0.6 is 0 Å². The Morgan fingerprint density at radius 2 is 1.53 bits per heavy atom. The average molecular weight is 664 g/mol. The Bertz CT molecular complexity index is 1440. The predicted molar refractivity (Wildman–Crippen MR) is 125 cm³/mol. The zero-order valence-electron chi connectivity index (χ0n) is 19.1. The molecule has 0 unspecified atom stereocenters. The van der Waals surface area contributed by atoms with Crippen molar-refractivity contribution < 1.29 is 38.8 Å². The van der Waals surface area contributed by atoms with Crippen LogP contribution in [0.4, 0.5) is 8.78 Å². The Balaban J connectivity index is 0.000000196. The number of carboxylic acid groups (broad SMARTS) is 1. The van der Waals surface area contributed by atoms with Crippen LogP contribution < -0.4 is 0 Å². The molecule has 0 fully saturated rings. The van der Waals surface area contributed by atoms with Crippen molar-refractivity contribution in [2.45, 2.75) is 0 Å². The second-order valence-corrected chi connectivity index (χ2v) is 7.46. The summed E-state index contributed by atoms with van der Waals surface area (Å²) in [5.41, 5.74) is 1.78. The maximum absolute atomic E-state index is 13.4. The number of imidazole rings is 2. The molecular formula is C26H19F2IrN5O2-2. The maximum atomic E-state index is 13.4. The minimum atomic E-state index is -1.21. The number of rotatable bonds is 4. The Kier molecular flexibility index (Phi) is 8.58. The van der Waals surface area contributed by atoms with Gasteiger partial charge in [-0.15, -0.1) is 36.4 Å². The third-order valence-electron chi connectivity index (χ3n) is 5.00. The summed E-state index contributed by atoms with van der Waals surface area (Å²) in [6.45, 7) is 0. The first-order valence-corrected chi connectivity index (χ1v) is 10.4. The van der Waals surface area contributed by atoms with Crippen LogP contribution in [-0.2, 0) is 34.2 Å². The largest absolute Gasteiger partial charge is 0.477 e. The summed E-state index contributed by atoms with van der Waals surface area (Å²) in [6.07, 6.45) is 7.43. The predicted octanol–water partition coefficient (Wildman–Crippen LogP) is 4.81. The van der Waals surface area contributed by atoms with Crippen LogP contribution in [0.5, 0.6) is 0 Å². The van der Waals surface area contributed by atoms with E-state index in [1.165, 1.54) is 18.2 Å². The number of aromatic nitrogens is 5. The fraction of sp³-hybridized carbons (Fsp3) is 0.0769. The Labute approximate surface area is 219 Å². The molecule has 0 saturated carbocycles. The van der Waals surface area contributed by atoms with Gasteiger partial charge in [-0.3, -0.25) is 23.7 Å². The molecule has 2 aromatic carbocycles. The van der Waals surface area contributed by atoms with E-state index in [1.54, 1.807) is 12.4 Å². The van der Waals surface area contributed by atoms with E-state index in [0.717, 1.165) is 28.8 Å². The van der Waals surface area contributed by atoms with E-state index in [1.807, 2.05) is 53.8 Å². The van der Waals surface area contributed by atoms with Crippen molar-refractivity contribution in [1.29, 1.82) is 0 Å². The van der Waals surface area contributed by atoms with Crippen molar-refractivity contribution in [2.24, 2.45) is 14.1 Å². The summed E-state index contributed by atoms with van der Waals surface area (Å²) in [4.78, 5) is 23.1. The molecule has 10 heteroatoms. The van der Waals surface area contributed by atoms with Gasteiger partial charge >= 0.3 is 5.97 Å². The number of pyridine rings is 1. The molecule has 5 rings (SSSR count). The van der Waals surface area contributed by atoms with E-state index in [4.69, 9.17) is 5.11 Å².